The van der Waals surface area contributed by atoms with Gasteiger partial charge < -0.3 is 42.5 Å². The van der Waals surface area contributed by atoms with Crippen LogP contribution in [0.1, 0.15) is 81.1 Å². The van der Waals surface area contributed by atoms with Gasteiger partial charge in [-0.15, -0.1) is 23.2 Å². The number of nitrogens with one attached hydrogen (secondary N) is 4. The molecule has 0 aromatic heterocycles. The van der Waals surface area contributed by atoms with E-state index in [1.165, 1.54) is 37.5 Å². The van der Waals surface area contributed by atoms with Gasteiger partial charge in [-0.05, 0) is 65.2 Å². The van der Waals surface area contributed by atoms with E-state index < -0.39 is 124 Å². The summed E-state index contributed by atoms with van der Waals surface area (Å²) in [4.78, 5) is 120. The van der Waals surface area contributed by atoms with E-state index in [0.29, 0.717) is 12.8 Å². The highest BCUT2D eigenvalue weighted by Gasteiger charge is 2.44. The van der Waals surface area contributed by atoms with E-state index in [1.54, 1.807) is 27.7 Å². The second-order valence-corrected chi connectivity index (χ2v) is 15.7. The molecule has 2 aliphatic rings. The molecule has 2 unspecified atom stereocenters. The Morgan fingerprint density at radius 2 is 0.852 bits per heavy atom. The molecule has 8 N–H and O–H groups in total. The van der Waals surface area contributed by atoms with E-state index >= 15 is 0 Å². The number of hydrogen-bond acceptors (Lipinski definition) is 11. The van der Waals surface area contributed by atoms with Crippen LogP contribution in [0.5, 0.6) is 0 Å². The molecule has 0 bridgehead atoms. The molecule has 19 heteroatoms. The van der Waals surface area contributed by atoms with Gasteiger partial charge in [0.05, 0.1) is 24.2 Å². The molecular weight excluding hydrogens is 747 g/mol. The summed E-state index contributed by atoms with van der Waals surface area (Å²) in [7, 11) is 0. The summed E-state index contributed by atoms with van der Waals surface area (Å²) in [5.41, 5.74) is 11.2. The van der Waals surface area contributed by atoms with Crippen molar-refractivity contribution in [2.24, 2.45) is 23.3 Å². The first kappa shape index (κ1) is 46.5. The van der Waals surface area contributed by atoms with Gasteiger partial charge in [0.2, 0.25) is 35.4 Å². The third-order valence-electron chi connectivity index (χ3n) is 9.50. The molecule has 10 atom stereocenters. The van der Waals surface area contributed by atoms with E-state index in [2.05, 4.69) is 21.3 Å². The standard InChI is InChI=1S/C35H56Cl2N8O9/c1-15(2)25(42-32(51)21-11-9-13-44(21)34(53)19(7)40-30(49)17(5)38)28(47)23(36)27(46)24(37)29(48)26(16(3)4)43-33(52)22-12-10-14-45(22)35(54)20(8)41-31(50)18(6)39/h15-26H,9-14,38-39H2,1-8H3,(H,40,49)(H,41,50)(H,42,51)(H,43,52)/t17-,18-,19-,20-,21-,22-,23?,24?,25-,26-/m0/s1. The third kappa shape index (κ3) is 11.7. The molecule has 0 radical (unpaired) electrons. The number of carbonyl (C=O) groups is 9. The molecule has 0 spiro atoms. The Morgan fingerprint density at radius 1 is 0.537 bits per heavy atom. The van der Waals surface area contributed by atoms with Gasteiger partial charge in [-0.1, -0.05) is 27.7 Å². The Labute approximate surface area is 326 Å². The van der Waals surface area contributed by atoms with Gasteiger partial charge in [-0.25, -0.2) is 0 Å². The summed E-state index contributed by atoms with van der Waals surface area (Å²) >= 11 is 12.7. The van der Waals surface area contributed by atoms with Crippen LogP contribution in [0, 0.1) is 11.8 Å². The van der Waals surface area contributed by atoms with Crippen molar-refractivity contribution in [1.29, 1.82) is 0 Å². The summed E-state index contributed by atoms with van der Waals surface area (Å²) in [6.07, 6.45) is 1.53. The van der Waals surface area contributed by atoms with Crippen molar-refractivity contribution in [3.05, 3.63) is 0 Å². The number of carbonyl (C=O) groups excluding carboxylic acids is 9. The molecule has 6 amide bonds. The van der Waals surface area contributed by atoms with E-state index in [0.717, 1.165) is 0 Å². The number of Topliss-reactive ketones (excluding diaryl/α,β-unsaturated/α-hetero) is 3. The fourth-order valence-corrected chi connectivity index (χ4v) is 6.86. The van der Waals surface area contributed by atoms with Crippen molar-refractivity contribution in [3.63, 3.8) is 0 Å². The SMILES string of the molecule is CC(C)[C@H](NC(=O)[C@@H]1CCCN1C(=O)[C@H](C)NC(=O)[C@H](C)N)C(=O)C(Cl)C(=O)C(Cl)C(=O)[C@@H](NC(=O)[C@@H]1CCCN1C(=O)[C@H](C)NC(=O)[C@H](C)N)C(C)C. The molecule has 2 rings (SSSR count). The van der Waals surface area contributed by atoms with Gasteiger partial charge in [-0.2, -0.15) is 0 Å². The number of hydrogen-bond donors (Lipinski definition) is 6. The first-order valence-electron chi connectivity index (χ1n) is 18.3. The summed E-state index contributed by atoms with van der Waals surface area (Å²) < 4.78 is 0. The molecule has 2 fully saturated rings. The maximum atomic E-state index is 13.6. The highest BCUT2D eigenvalue weighted by atomic mass is 35.5. The monoisotopic (exact) mass is 802 g/mol. The van der Waals surface area contributed by atoms with E-state index in [9.17, 15) is 43.2 Å². The summed E-state index contributed by atoms with van der Waals surface area (Å²) in [6, 6.07) is -8.17. The molecule has 2 aliphatic heterocycles. The van der Waals surface area contributed by atoms with E-state index in [4.69, 9.17) is 34.7 Å². The van der Waals surface area contributed by atoms with Crippen LogP contribution >= 0.6 is 23.2 Å². The lowest BCUT2D eigenvalue weighted by Gasteiger charge is -2.31. The zero-order valence-corrected chi connectivity index (χ0v) is 33.7. The second kappa shape index (κ2) is 20.3. The Balaban J connectivity index is 2.14. The lowest BCUT2D eigenvalue weighted by molar-refractivity contribution is -0.142. The van der Waals surface area contributed by atoms with Crippen LogP contribution in [0.15, 0.2) is 0 Å². The van der Waals surface area contributed by atoms with Gasteiger partial charge in [-0.3, -0.25) is 43.2 Å². The van der Waals surface area contributed by atoms with Crippen LogP contribution in [0.3, 0.4) is 0 Å². The first-order valence-corrected chi connectivity index (χ1v) is 19.1. The van der Waals surface area contributed by atoms with Gasteiger partial charge in [0.15, 0.2) is 28.1 Å². The van der Waals surface area contributed by atoms with Crippen LogP contribution < -0.4 is 32.7 Å². The average Bonchev–Trinajstić information content (AvgIpc) is 3.81. The number of amides is 6. The second-order valence-electron chi connectivity index (χ2n) is 14.8. The Kier molecular flexibility index (Phi) is 17.5. The van der Waals surface area contributed by atoms with Crippen LogP contribution in [0.4, 0.5) is 0 Å². The predicted octanol–water partition coefficient (Wildman–Crippen LogP) is -1.12. The molecular formula is C35H56Cl2N8O9. The molecule has 54 heavy (non-hydrogen) atoms. The Hall–Kier alpha value is -3.67. The molecule has 0 aromatic carbocycles. The molecule has 0 saturated carbocycles. The number of rotatable bonds is 18. The molecule has 0 aliphatic carbocycles. The minimum absolute atomic E-state index is 0.233. The predicted molar refractivity (Wildman–Crippen MR) is 200 cm³/mol. The van der Waals surface area contributed by atoms with Crippen molar-refractivity contribution in [3.8, 4) is 0 Å². The summed E-state index contributed by atoms with van der Waals surface area (Å²) in [5, 5.41) is 6.31. The van der Waals surface area contributed by atoms with Gasteiger partial charge >= 0.3 is 0 Å². The summed E-state index contributed by atoms with van der Waals surface area (Å²) in [5.74, 6) is -7.59. The average molecular weight is 804 g/mol. The fraction of sp³-hybridized carbons (Fsp3) is 0.743. The number of alkyl halides is 2. The number of nitrogens with two attached hydrogens (primary N) is 2. The van der Waals surface area contributed by atoms with Gasteiger partial charge in [0.1, 0.15) is 24.2 Å². The maximum Gasteiger partial charge on any atom is 0.245 e. The normalized spacial score (nSPS) is 21.6. The highest BCUT2D eigenvalue weighted by molar-refractivity contribution is 6.53. The van der Waals surface area contributed by atoms with Gasteiger partial charge in [0.25, 0.3) is 0 Å². The minimum Gasteiger partial charge on any atom is -0.344 e. The third-order valence-corrected chi connectivity index (χ3v) is 10.4. The molecule has 0 aromatic rings. The molecule has 304 valence electrons. The van der Waals surface area contributed by atoms with Gasteiger partial charge in [0, 0.05) is 13.1 Å². The minimum atomic E-state index is -1.96. The maximum absolute atomic E-state index is 13.6. The van der Waals surface area contributed by atoms with E-state index in [1.807, 2.05) is 0 Å². The number of ketones is 3. The Bertz CT molecular complexity index is 1360. The Morgan fingerprint density at radius 3 is 1.13 bits per heavy atom. The van der Waals surface area contributed by atoms with Crippen molar-refractivity contribution in [2.75, 3.05) is 13.1 Å². The first-order chi connectivity index (χ1) is 25.0. The van der Waals surface area contributed by atoms with Crippen molar-refractivity contribution >= 4 is 76.0 Å². The molecule has 2 saturated heterocycles. The highest BCUT2D eigenvalue weighted by Crippen LogP contribution is 2.23. The fourth-order valence-electron chi connectivity index (χ4n) is 6.27. The van der Waals surface area contributed by atoms with Crippen molar-refractivity contribution in [2.45, 2.75) is 140 Å². The zero-order chi connectivity index (χ0) is 41.4. The quantitative estimate of drug-likeness (QED) is 0.0714. The van der Waals surface area contributed by atoms with Crippen LogP contribution in [-0.2, 0) is 43.2 Å². The number of nitrogens with zero attached hydrogens (tertiary/aromatic N) is 2. The van der Waals surface area contributed by atoms with Crippen LogP contribution in [0.2, 0.25) is 0 Å². The zero-order valence-electron chi connectivity index (χ0n) is 32.2. The topological polar surface area (TPSA) is 260 Å². The van der Waals surface area contributed by atoms with Crippen LogP contribution in [-0.4, -0.2) is 135 Å². The number of likely N-dealkylation sites (tertiary alicyclic amines) is 2. The molecule has 2 heterocycles. The van der Waals surface area contributed by atoms with E-state index in [-0.39, 0.29) is 25.9 Å². The molecule has 17 nitrogen and oxygen atoms in total. The largest absolute Gasteiger partial charge is 0.344 e. The van der Waals surface area contributed by atoms with Crippen molar-refractivity contribution < 1.29 is 43.2 Å². The smallest absolute Gasteiger partial charge is 0.245 e. The lowest BCUT2D eigenvalue weighted by Crippen LogP contribution is -2.58. The summed E-state index contributed by atoms with van der Waals surface area (Å²) in [6.45, 7) is 12.8. The van der Waals surface area contributed by atoms with Crippen molar-refractivity contribution in [1.82, 2.24) is 31.1 Å². The van der Waals surface area contributed by atoms with Crippen LogP contribution in [0.25, 0.3) is 0 Å². The number of halogens is 2. The lowest BCUT2D eigenvalue weighted by atomic mass is 9.91.